The molecule has 1 unspecified atom stereocenters. The summed E-state index contributed by atoms with van der Waals surface area (Å²) < 4.78 is 5.43. The molecule has 0 spiro atoms. The van der Waals surface area contributed by atoms with Crippen LogP contribution in [0.4, 0.5) is 4.79 Å². The third-order valence-electron chi connectivity index (χ3n) is 5.65. The van der Waals surface area contributed by atoms with Crippen LogP contribution in [0.1, 0.15) is 58.4 Å². The second-order valence-corrected chi connectivity index (χ2v) is 8.41. The van der Waals surface area contributed by atoms with Gasteiger partial charge in [0, 0.05) is 12.0 Å². The molecule has 1 aliphatic heterocycles. The lowest BCUT2D eigenvalue weighted by molar-refractivity contribution is -0.139. The smallest absolute Gasteiger partial charge is 0.413 e. The van der Waals surface area contributed by atoms with E-state index in [-0.39, 0.29) is 11.3 Å². The second kappa shape index (κ2) is 9.92. The van der Waals surface area contributed by atoms with Crippen LogP contribution < -0.4 is 10.1 Å². The van der Waals surface area contributed by atoms with E-state index >= 15 is 0 Å². The van der Waals surface area contributed by atoms with Gasteiger partial charge in [-0.2, -0.15) is 0 Å². The molecule has 1 aromatic rings. The normalized spacial score (nSPS) is 21.8. The van der Waals surface area contributed by atoms with Crippen LogP contribution in [0, 0.1) is 5.92 Å². The number of carboxylic acid groups (broad SMARTS) is 1. The number of carbonyl (C=O) groups is 2. The molecule has 0 aromatic heterocycles. The van der Waals surface area contributed by atoms with Crippen molar-refractivity contribution in [1.29, 1.82) is 0 Å². The Morgan fingerprint density at radius 1 is 1.32 bits per heavy atom. The van der Waals surface area contributed by atoms with Crippen LogP contribution in [0.3, 0.4) is 0 Å². The SMILES string of the molecule is CCC1(c2cccc(OC(=O)N[C@@H](CC(C)C)C(=O)O)c2)CCCCN(C)C1. The maximum absolute atomic E-state index is 12.2. The lowest BCUT2D eigenvalue weighted by Gasteiger charge is -2.35. The predicted molar refractivity (Wildman–Crippen MR) is 110 cm³/mol. The third kappa shape index (κ3) is 5.96. The Morgan fingerprint density at radius 3 is 2.71 bits per heavy atom. The summed E-state index contributed by atoms with van der Waals surface area (Å²) in [5.74, 6) is -0.449. The average molecular weight is 391 g/mol. The molecule has 1 aromatic carbocycles. The first-order chi connectivity index (χ1) is 13.3. The zero-order chi connectivity index (χ0) is 20.7. The maximum Gasteiger partial charge on any atom is 0.413 e. The molecule has 6 heteroatoms. The molecule has 2 rings (SSSR count). The van der Waals surface area contributed by atoms with Crippen molar-refractivity contribution < 1.29 is 19.4 Å². The highest BCUT2D eigenvalue weighted by molar-refractivity contribution is 5.80. The molecule has 1 fully saturated rings. The fourth-order valence-corrected chi connectivity index (χ4v) is 4.11. The first kappa shape index (κ1) is 22.2. The summed E-state index contributed by atoms with van der Waals surface area (Å²) in [6.07, 6.45) is 4.13. The van der Waals surface area contributed by atoms with Crippen LogP contribution in [0.25, 0.3) is 0 Å². The van der Waals surface area contributed by atoms with Gasteiger partial charge in [-0.15, -0.1) is 0 Å². The molecule has 0 saturated carbocycles. The largest absolute Gasteiger partial charge is 0.480 e. The maximum atomic E-state index is 12.2. The lowest BCUT2D eigenvalue weighted by Crippen LogP contribution is -2.43. The minimum atomic E-state index is -1.05. The number of amides is 1. The van der Waals surface area contributed by atoms with Crippen molar-refractivity contribution in [1.82, 2.24) is 10.2 Å². The van der Waals surface area contributed by atoms with E-state index < -0.39 is 18.1 Å². The van der Waals surface area contributed by atoms with E-state index in [2.05, 4.69) is 30.3 Å². The quantitative estimate of drug-likeness (QED) is 0.735. The van der Waals surface area contributed by atoms with Crippen molar-refractivity contribution in [3.63, 3.8) is 0 Å². The minimum Gasteiger partial charge on any atom is -0.480 e. The zero-order valence-electron chi connectivity index (χ0n) is 17.5. The summed E-state index contributed by atoms with van der Waals surface area (Å²) in [5.41, 5.74) is 1.22. The van der Waals surface area contributed by atoms with E-state index in [1.165, 1.54) is 18.4 Å². The molecular formula is C22H34N2O4. The van der Waals surface area contributed by atoms with E-state index in [9.17, 15) is 14.7 Å². The highest BCUT2D eigenvalue weighted by Gasteiger charge is 2.33. The average Bonchev–Trinajstić information content (AvgIpc) is 2.83. The van der Waals surface area contributed by atoms with Crippen molar-refractivity contribution in [3.8, 4) is 5.75 Å². The molecule has 0 aliphatic carbocycles. The fraction of sp³-hybridized carbons (Fsp3) is 0.636. The summed E-state index contributed by atoms with van der Waals surface area (Å²) in [6.45, 7) is 8.13. The van der Waals surface area contributed by atoms with E-state index in [1.54, 1.807) is 6.07 Å². The van der Waals surface area contributed by atoms with Crippen molar-refractivity contribution >= 4 is 12.1 Å². The number of carboxylic acids is 1. The van der Waals surface area contributed by atoms with Gasteiger partial charge in [-0.05, 0) is 62.9 Å². The number of benzene rings is 1. The molecule has 1 saturated heterocycles. The summed E-state index contributed by atoms with van der Waals surface area (Å²) in [7, 11) is 2.16. The summed E-state index contributed by atoms with van der Waals surface area (Å²) in [6, 6.07) is 6.73. The van der Waals surface area contributed by atoms with E-state index in [4.69, 9.17) is 4.74 Å². The van der Waals surface area contributed by atoms with Crippen molar-refractivity contribution in [2.75, 3.05) is 20.1 Å². The zero-order valence-corrected chi connectivity index (χ0v) is 17.5. The van der Waals surface area contributed by atoms with Gasteiger partial charge in [0.15, 0.2) is 0 Å². The number of rotatable bonds is 7. The second-order valence-electron chi connectivity index (χ2n) is 8.41. The van der Waals surface area contributed by atoms with Crippen LogP contribution in [0.2, 0.25) is 0 Å². The fourth-order valence-electron chi connectivity index (χ4n) is 4.11. The van der Waals surface area contributed by atoms with Crippen LogP contribution in [-0.4, -0.2) is 48.2 Å². The predicted octanol–water partition coefficient (Wildman–Crippen LogP) is 4.04. The van der Waals surface area contributed by atoms with Gasteiger partial charge >= 0.3 is 12.1 Å². The van der Waals surface area contributed by atoms with Gasteiger partial charge in [0.25, 0.3) is 0 Å². The minimum absolute atomic E-state index is 0.0440. The number of nitrogens with zero attached hydrogens (tertiary/aromatic N) is 1. The standard InChI is InChI=1S/C22H34N2O4/c1-5-22(11-6-7-12-24(4)15-22)17-9-8-10-18(14-17)28-21(27)23-19(20(25)26)13-16(2)3/h8-10,14,16,19H,5-7,11-13,15H2,1-4H3,(H,23,27)(H,25,26)/t19-,22?/m0/s1. The highest BCUT2D eigenvalue weighted by atomic mass is 16.6. The Labute approximate surface area is 168 Å². The third-order valence-corrected chi connectivity index (χ3v) is 5.65. The Balaban J connectivity index is 2.13. The topological polar surface area (TPSA) is 78.9 Å². The number of likely N-dealkylation sites (N-methyl/N-ethyl adjacent to an activating group) is 1. The first-order valence-corrected chi connectivity index (χ1v) is 10.3. The summed E-state index contributed by atoms with van der Waals surface area (Å²) >= 11 is 0. The molecule has 1 aliphatic rings. The number of nitrogens with one attached hydrogen (secondary N) is 1. The van der Waals surface area contributed by atoms with E-state index in [0.29, 0.717) is 12.2 Å². The first-order valence-electron chi connectivity index (χ1n) is 10.3. The molecule has 6 nitrogen and oxygen atoms in total. The number of hydrogen-bond donors (Lipinski definition) is 2. The summed E-state index contributed by atoms with van der Waals surface area (Å²) in [5, 5.41) is 11.8. The molecule has 0 radical (unpaired) electrons. The molecule has 28 heavy (non-hydrogen) atoms. The van der Waals surface area contributed by atoms with Gasteiger partial charge in [-0.3, -0.25) is 0 Å². The number of hydrogen-bond acceptors (Lipinski definition) is 4. The Kier molecular flexibility index (Phi) is 7.87. The summed E-state index contributed by atoms with van der Waals surface area (Å²) in [4.78, 5) is 26.0. The number of aliphatic carboxylic acids is 1. The van der Waals surface area contributed by atoms with E-state index in [1.807, 2.05) is 26.0 Å². The van der Waals surface area contributed by atoms with Crippen LogP contribution in [0.5, 0.6) is 5.75 Å². The number of carbonyl (C=O) groups excluding carboxylic acids is 1. The molecular weight excluding hydrogens is 356 g/mol. The van der Waals surface area contributed by atoms with Gasteiger partial charge in [0.2, 0.25) is 0 Å². The van der Waals surface area contributed by atoms with Crippen LogP contribution >= 0.6 is 0 Å². The molecule has 1 heterocycles. The Hall–Kier alpha value is -2.08. The van der Waals surface area contributed by atoms with Crippen molar-refractivity contribution in [3.05, 3.63) is 29.8 Å². The monoisotopic (exact) mass is 390 g/mol. The highest BCUT2D eigenvalue weighted by Crippen LogP contribution is 2.37. The van der Waals surface area contributed by atoms with Gasteiger partial charge < -0.3 is 20.1 Å². The van der Waals surface area contributed by atoms with Gasteiger partial charge in [0.1, 0.15) is 11.8 Å². The van der Waals surface area contributed by atoms with Gasteiger partial charge in [0.05, 0.1) is 0 Å². The van der Waals surface area contributed by atoms with Crippen molar-refractivity contribution in [2.45, 2.75) is 64.3 Å². The molecule has 0 bridgehead atoms. The van der Waals surface area contributed by atoms with Crippen LogP contribution in [-0.2, 0) is 10.2 Å². The molecule has 2 N–H and O–H groups in total. The number of likely N-dealkylation sites (tertiary alicyclic amines) is 1. The molecule has 2 atom stereocenters. The van der Waals surface area contributed by atoms with Crippen LogP contribution in [0.15, 0.2) is 24.3 Å². The lowest BCUT2D eigenvalue weighted by atomic mass is 9.74. The molecule has 156 valence electrons. The van der Waals surface area contributed by atoms with Gasteiger partial charge in [-0.1, -0.05) is 39.3 Å². The Bertz CT molecular complexity index is 676. The van der Waals surface area contributed by atoms with Crippen molar-refractivity contribution in [2.24, 2.45) is 5.92 Å². The number of ether oxygens (including phenoxy) is 1. The van der Waals surface area contributed by atoms with Gasteiger partial charge in [-0.25, -0.2) is 9.59 Å². The Morgan fingerprint density at radius 2 is 2.07 bits per heavy atom. The molecule has 1 amide bonds. The van der Waals surface area contributed by atoms with E-state index in [0.717, 1.165) is 25.9 Å².